The van der Waals surface area contributed by atoms with Crippen molar-refractivity contribution in [2.75, 3.05) is 6.61 Å². The third kappa shape index (κ3) is 5.04. The molecule has 4 aliphatic rings. The molecule has 10 heteroatoms. The maximum atomic E-state index is 13.8. The Kier molecular flexibility index (Phi) is 7.75. The van der Waals surface area contributed by atoms with Gasteiger partial charge in [-0.1, -0.05) is 67.9 Å². The van der Waals surface area contributed by atoms with E-state index in [-0.39, 0.29) is 39.7 Å². The largest absolute Gasteiger partial charge is 0.482 e. The molecule has 0 amide bonds. The quantitative estimate of drug-likeness (QED) is 0.221. The maximum Gasteiger partial charge on any atom is 0.345 e. The van der Waals surface area contributed by atoms with Gasteiger partial charge in [-0.2, -0.15) is 0 Å². The predicted octanol–water partition coefficient (Wildman–Crippen LogP) is 7.32. The zero-order valence-electron chi connectivity index (χ0n) is 27.5. The summed E-state index contributed by atoms with van der Waals surface area (Å²) in [5, 5.41) is 12.6. The lowest BCUT2D eigenvalue weighted by Crippen LogP contribution is -2.71. The second-order valence-corrected chi connectivity index (χ2v) is 14.9. The fourth-order valence-electron chi connectivity index (χ4n) is 9.46. The monoisotopic (exact) mass is 683 g/mol. The molecule has 2 aliphatic carbocycles. The number of hydrogen-bond acceptors (Lipinski definition) is 9. The normalized spacial score (nSPS) is 34.7. The molecule has 0 radical (unpaired) electrons. The molecule has 2 aromatic carbocycles. The number of rotatable bonds is 4. The SMILES string of the molecule is CC12COC(c3ccccc3)O[C@H]1CC[C@@]1(C)C2C[C@H](OC(=O)c2ccccc2Cl)[C@@]2(C)Oc3cc(-c4cccnc4)oc(=O)c3[C@H](O)C12. The van der Waals surface area contributed by atoms with Crippen molar-refractivity contribution in [2.45, 2.75) is 70.2 Å². The Morgan fingerprint density at radius 2 is 1.80 bits per heavy atom. The van der Waals surface area contributed by atoms with E-state index in [2.05, 4.69) is 18.8 Å². The Bertz CT molecular complexity index is 1950. The lowest BCUT2D eigenvalue weighted by Gasteiger charge is -2.67. The van der Waals surface area contributed by atoms with E-state index < -0.39 is 52.4 Å². The molecule has 2 saturated carbocycles. The van der Waals surface area contributed by atoms with Crippen LogP contribution in [-0.2, 0) is 14.2 Å². The molecule has 2 aliphatic heterocycles. The van der Waals surface area contributed by atoms with Crippen LogP contribution in [0.4, 0.5) is 0 Å². The molecule has 9 atom stereocenters. The van der Waals surface area contributed by atoms with Crippen LogP contribution in [0.3, 0.4) is 0 Å². The highest BCUT2D eigenvalue weighted by molar-refractivity contribution is 6.33. The van der Waals surface area contributed by atoms with Crippen molar-refractivity contribution in [3.05, 3.63) is 117 Å². The van der Waals surface area contributed by atoms with Crippen molar-refractivity contribution in [1.82, 2.24) is 4.98 Å². The van der Waals surface area contributed by atoms with Crippen LogP contribution < -0.4 is 10.4 Å². The number of ether oxygens (including phenoxy) is 4. The van der Waals surface area contributed by atoms with Gasteiger partial charge in [0.05, 0.1) is 29.4 Å². The number of halogens is 1. The molecular formula is C39H38ClNO8. The first-order valence-electron chi connectivity index (χ1n) is 16.8. The Morgan fingerprint density at radius 3 is 2.55 bits per heavy atom. The summed E-state index contributed by atoms with van der Waals surface area (Å²) in [5.74, 6) is -0.958. The number of pyridine rings is 1. The Morgan fingerprint density at radius 1 is 1.02 bits per heavy atom. The first-order valence-corrected chi connectivity index (χ1v) is 17.1. The zero-order chi connectivity index (χ0) is 34.1. The minimum Gasteiger partial charge on any atom is -0.482 e. The minimum atomic E-state index is -1.27. The molecule has 0 spiro atoms. The fraction of sp³-hybridized carbons (Fsp3) is 0.410. The van der Waals surface area contributed by atoms with E-state index >= 15 is 0 Å². The number of aromatic nitrogens is 1. The molecule has 4 unspecified atom stereocenters. The van der Waals surface area contributed by atoms with Gasteiger partial charge in [-0.05, 0) is 61.8 Å². The number of esters is 1. The van der Waals surface area contributed by atoms with E-state index in [9.17, 15) is 14.7 Å². The number of fused-ring (bicyclic) bond motifs is 6. The third-order valence-electron chi connectivity index (χ3n) is 11.8. The van der Waals surface area contributed by atoms with Gasteiger partial charge in [0.2, 0.25) is 0 Å². The van der Waals surface area contributed by atoms with Gasteiger partial charge in [0.1, 0.15) is 28.8 Å². The predicted molar refractivity (Wildman–Crippen MR) is 180 cm³/mol. The number of aliphatic hydroxyl groups excluding tert-OH is 1. The van der Waals surface area contributed by atoms with Crippen molar-refractivity contribution in [3.63, 3.8) is 0 Å². The standard InChI is InChI=1S/C39H38ClNO8/c1-37-16-15-29-38(2,21-45-36(48-29)22-10-5-4-6-11-22)28(37)19-30(47-34(43)24-13-7-8-14-25(24)40)39(3)33(37)32(42)31-27(49-39)18-26(46-35(31)44)23-12-9-17-41-20-23/h4-14,17-18,20,28-30,32-33,36,42H,15-16,19,21H2,1-3H3/t28?,29-,30-,32-,33?,36?,37-,38?,39+/m0/s1. The highest BCUT2D eigenvalue weighted by Crippen LogP contribution is 2.68. The molecule has 3 fully saturated rings. The average molecular weight is 684 g/mol. The molecular weight excluding hydrogens is 646 g/mol. The average Bonchev–Trinajstić information content (AvgIpc) is 3.09. The summed E-state index contributed by atoms with van der Waals surface area (Å²) in [5.41, 5.74) is -1.18. The van der Waals surface area contributed by atoms with Gasteiger partial charge in [0.15, 0.2) is 6.29 Å². The molecule has 254 valence electrons. The van der Waals surface area contributed by atoms with Crippen molar-refractivity contribution < 1.29 is 33.3 Å². The summed E-state index contributed by atoms with van der Waals surface area (Å²) in [4.78, 5) is 31.7. The van der Waals surface area contributed by atoms with Crippen LogP contribution in [0.5, 0.6) is 5.75 Å². The molecule has 1 N–H and O–H groups in total. The van der Waals surface area contributed by atoms with Gasteiger partial charge in [-0.25, -0.2) is 9.59 Å². The van der Waals surface area contributed by atoms with Crippen LogP contribution in [0.2, 0.25) is 5.02 Å². The molecule has 0 bridgehead atoms. The summed E-state index contributed by atoms with van der Waals surface area (Å²) >= 11 is 6.45. The minimum absolute atomic E-state index is 0.0562. The van der Waals surface area contributed by atoms with Crippen molar-refractivity contribution in [3.8, 4) is 17.1 Å². The smallest absolute Gasteiger partial charge is 0.345 e. The summed E-state index contributed by atoms with van der Waals surface area (Å²) in [6, 6.07) is 21.8. The number of benzene rings is 2. The summed E-state index contributed by atoms with van der Waals surface area (Å²) in [6.45, 7) is 6.59. The van der Waals surface area contributed by atoms with Crippen LogP contribution in [0, 0.1) is 22.7 Å². The fourth-order valence-corrected chi connectivity index (χ4v) is 9.67. The Labute approximate surface area is 289 Å². The van der Waals surface area contributed by atoms with Gasteiger partial charge in [0, 0.05) is 40.9 Å². The highest BCUT2D eigenvalue weighted by Gasteiger charge is 2.71. The van der Waals surface area contributed by atoms with Crippen LogP contribution in [0.25, 0.3) is 11.3 Å². The molecule has 8 rings (SSSR count). The number of carbonyl (C=O) groups is 1. The Balaban J connectivity index is 1.22. The summed E-state index contributed by atoms with van der Waals surface area (Å²) in [6.07, 6.45) is 2.25. The van der Waals surface area contributed by atoms with Gasteiger partial charge < -0.3 is 28.5 Å². The topological polar surface area (TPSA) is 117 Å². The summed E-state index contributed by atoms with van der Waals surface area (Å²) in [7, 11) is 0. The highest BCUT2D eigenvalue weighted by atomic mass is 35.5. The van der Waals surface area contributed by atoms with Crippen molar-refractivity contribution in [2.24, 2.45) is 22.7 Å². The number of hydrogen-bond donors (Lipinski definition) is 1. The van der Waals surface area contributed by atoms with Crippen LogP contribution in [0.1, 0.15) is 73.9 Å². The molecule has 4 heterocycles. The Hall–Kier alpha value is -4.02. The summed E-state index contributed by atoms with van der Waals surface area (Å²) < 4.78 is 32.1. The first-order chi connectivity index (χ1) is 23.5. The van der Waals surface area contributed by atoms with Crippen LogP contribution >= 0.6 is 11.6 Å². The van der Waals surface area contributed by atoms with Crippen molar-refractivity contribution >= 4 is 17.6 Å². The number of aliphatic hydroxyl groups is 1. The van der Waals surface area contributed by atoms with Gasteiger partial charge in [-0.15, -0.1) is 0 Å². The van der Waals surface area contributed by atoms with E-state index in [1.807, 2.05) is 37.3 Å². The second-order valence-electron chi connectivity index (χ2n) is 14.5. The van der Waals surface area contributed by atoms with E-state index in [0.717, 1.165) is 5.56 Å². The molecule has 9 nitrogen and oxygen atoms in total. The van der Waals surface area contributed by atoms with E-state index in [1.165, 1.54) is 0 Å². The third-order valence-corrected chi connectivity index (χ3v) is 12.1. The molecule has 4 aromatic rings. The van der Waals surface area contributed by atoms with E-state index in [4.69, 9.17) is 35.0 Å². The lowest BCUT2D eigenvalue weighted by molar-refractivity contribution is -0.330. The van der Waals surface area contributed by atoms with Crippen LogP contribution in [-0.4, -0.2) is 40.5 Å². The van der Waals surface area contributed by atoms with Crippen LogP contribution in [0.15, 0.2) is 94.4 Å². The molecule has 49 heavy (non-hydrogen) atoms. The zero-order valence-corrected chi connectivity index (χ0v) is 28.3. The maximum absolute atomic E-state index is 13.8. The first kappa shape index (κ1) is 32.2. The molecule has 2 aromatic heterocycles. The lowest BCUT2D eigenvalue weighted by atomic mass is 9.42. The number of nitrogens with zero attached hydrogens (tertiary/aromatic N) is 1. The second kappa shape index (κ2) is 11.8. The molecule has 1 saturated heterocycles. The number of carbonyl (C=O) groups excluding carboxylic acids is 1. The van der Waals surface area contributed by atoms with Crippen molar-refractivity contribution in [1.29, 1.82) is 0 Å². The van der Waals surface area contributed by atoms with E-state index in [0.29, 0.717) is 31.4 Å². The van der Waals surface area contributed by atoms with Gasteiger partial charge >= 0.3 is 11.6 Å². The van der Waals surface area contributed by atoms with E-state index in [1.54, 1.807) is 54.9 Å². The van der Waals surface area contributed by atoms with Gasteiger partial charge in [0.25, 0.3) is 0 Å². The van der Waals surface area contributed by atoms with Gasteiger partial charge in [-0.3, -0.25) is 4.98 Å².